The first-order chi connectivity index (χ1) is 11.5. The number of methoxy groups -OCH3 is 1. The fourth-order valence-electron chi connectivity index (χ4n) is 2.54. The summed E-state index contributed by atoms with van der Waals surface area (Å²) >= 11 is 0. The summed E-state index contributed by atoms with van der Waals surface area (Å²) in [6, 6.07) is 7.28. The van der Waals surface area contributed by atoms with E-state index in [0.29, 0.717) is 31.1 Å². The van der Waals surface area contributed by atoms with Crippen LogP contribution in [-0.4, -0.2) is 61.4 Å². The number of para-hydroxylation sites is 2. The summed E-state index contributed by atoms with van der Waals surface area (Å²) in [5.74, 6) is 0.519. The third kappa shape index (κ3) is 6.20. The van der Waals surface area contributed by atoms with Crippen LogP contribution in [0.4, 0.5) is 5.69 Å². The smallest absolute Gasteiger partial charge is 0.238 e. The van der Waals surface area contributed by atoms with Gasteiger partial charge in [0, 0.05) is 13.1 Å². The Hall–Kier alpha value is -2.08. The number of carbonyl (C=O) groups is 2. The van der Waals surface area contributed by atoms with Gasteiger partial charge in [-0.3, -0.25) is 14.5 Å². The van der Waals surface area contributed by atoms with Crippen LogP contribution in [0.1, 0.15) is 27.2 Å². The molecule has 0 aliphatic carbocycles. The predicted molar refractivity (Wildman–Crippen MR) is 96.3 cm³/mol. The van der Waals surface area contributed by atoms with Crippen molar-refractivity contribution >= 4 is 17.5 Å². The molecule has 0 heterocycles. The molecule has 6 heteroatoms. The Morgan fingerprint density at radius 3 is 2.33 bits per heavy atom. The van der Waals surface area contributed by atoms with E-state index in [9.17, 15) is 9.59 Å². The minimum Gasteiger partial charge on any atom is -0.495 e. The lowest BCUT2D eigenvalue weighted by Gasteiger charge is -2.25. The Morgan fingerprint density at radius 1 is 1.08 bits per heavy atom. The number of benzene rings is 1. The molecule has 0 spiro atoms. The highest BCUT2D eigenvalue weighted by Crippen LogP contribution is 2.22. The SMILES string of the molecule is CCCN(CC(=O)Nc1ccccc1OC)CC(=O)N(CC)CC. The summed E-state index contributed by atoms with van der Waals surface area (Å²) < 4.78 is 5.23. The highest BCUT2D eigenvalue weighted by Gasteiger charge is 2.17. The van der Waals surface area contributed by atoms with Crippen molar-refractivity contribution in [3.05, 3.63) is 24.3 Å². The number of carbonyl (C=O) groups excluding carboxylic acids is 2. The van der Waals surface area contributed by atoms with E-state index >= 15 is 0 Å². The van der Waals surface area contributed by atoms with Gasteiger partial charge in [-0.2, -0.15) is 0 Å². The maximum Gasteiger partial charge on any atom is 0.238 e. The molecule has 0 aromatic heterocycles. The number of nitrogens with one attached hydrogen (secondary N) is 1. The molecule has 0 radical (unpaired) electrons. The van der Waals surface area contributed by atoms with Crippen LogP contribution in [0.2, 0.25) is 0 Å². The maximum atomic E-state index is 12.3. The van der Waals surface area contributed by atoms with E-state index < -0.39 is 0 Å². The highest BCUT2D eigenvalue weighted by atomic mass is 16.5. The first kappa shape index (κ1) is 20.0. The first-order valence-corrected chi connectivity index (χ1v) is 8.48. The van der Waals surface area contributed by atoms with Crippen LogP contribution < -0.4 is 10.1 Å². The minimum absolute atomic E-state index is 0.0542. The molecule has 0 fully saturated rings. The summed E-state index contributed by atoms with van der Waals surface area (Å²) in [6.07, 6.45) is 0.882. The van der Waals surface area contributed by atoms with Gasteiger partial charge in [-0.15, -0.1) is 0 Å². The van der Waals surface area contributed by atoms with E-state index in [1.54, 1.807) is 24.1 Å². The third-order valence-corrected chi connectivity index (χ3v) is 3.76. The van der Waals surface area contributed by atoms with Crippen molar-refractivity contribution in [1.29, 1.82) is 0 Å². The average molecular weight is 335 g/mol. The number of anilines is 1. The predicted octanol–water partition coefficient (Wildman–Crippen LogP) is 2.21. The van der Waals surface area contributed by atoms with Gasteiger partial charge < -0.3 is 15.0 Å². The van der Waals surface area contributed by atoms with Crippen molar-refractivity contribution in [2.75, 3.05) is 45.2 Å². The molecule has 1 rings (SSSR count). The molecular weight excluding hydrogens is 306 g/mol. The van der Waals surface area contributed by atoms with Crippen molar-refractivity contribution in [3.63, 3.8) is 0 Å². The van der Waals surface area contributed by atoms with Gasteiger partial charge >= 0.3 is 0 Å². The van der Waals surface area contributed by atoms with Crippen molar-refractivity contribution in [2.45, 2.75) is 27.2 Å². The average Bonchev–Trinajstić information content (AvgIpc) is 2.56. The largest absolute Gasteiger partial charge is 0.495 e. The lowest BCUT2D eigenvalue weighted by Crippen LogP contribution is -2.43. The molecule has 2 amide bonds. The lowest BCUT2D eigenvalue weighted by molar-refractivity contribution is -0.132. The van der Waals surface area contributed by atoms with Crippen molar-refractivity contribution in [2.24, 2.45) is 0 Å². The molecule has 1 N–H and O–H groups in total. The van der Waals surface area contributed by atoms with Gasteiger partial charge in [-0.25, -0.2) is 0 Å². The highest BCUT2D eigenvalue weighted by molar-refractivity contribution is 5.94. The van der Waals surface area contributed by atoms with Gasteiger partial charge in [0.15, 0.2) is 0 Å². The number of hydrogen-bond acceptors (Lipinski definition) is 4. The van der Waals surface area contributed by atoms with Gasteiger partial charge in [-0.1, -0.05) is 19.1 Å². The third-order valence-electron chi connectivity index (χ3n) is 3.76. The minimum atomic E-state index is -0.153. The van der Waals surface area contributed by atoms with Crippen molar-refractivity contribution in [3.8, 4) is 5.75 Å². The molecule has 0 unspecified atom stereocenters. The number of nitrogens with zero attached hydrogens (tertiary/aromatic N) is 2. The second-order valence-corrected chi connectivity index (χ2v) is 5.53. The zero-order chi connectivity index (χ0) is 17.9. The second kappa shape index (κ2) is 10.6. The van der Waals surface area contributed by atoms with Crippen LogP contribution in [0.5, 0.6) is 5.75 Å². The Bertz CT molecular complexity index is 530. The molecule has 1 aromatic rings. The quantitative estimate of drug-likeness (QED) is 0.712. The zero-order valence-corrected chi connectivity index (χ0v) is 15.2. The van der Waals surface area contributed by atoms with E-state index in [1.165, 1.54) is 0 Å². The van der Waals surface area contributed by atoms with Crippen LogP contribution in [0, 0.1) is 0 Å². The molecule has 1 aromatic carbocycles. The Kier molecular flexibility index (Phi) is 8.86. The number of amides is 2. The van der Waals surface area contributed by atoms with Crippen LogP contribution in [-0.2, 0) is 9.59 Å². The molecular formula is C18H29N3O3. The van der Waals surface area contributed by atoms with Gasteiger partial charge in [0.1, 0.15) is 5.75 Å². The molecule has 0 aliphatic heterocycles. The maximum absolute atomic E-state index is 12.3. The summed E-state index contributed by atoms with van der Waals surface area (Å²) in [5.41, 5.74) is 0.636. The van der Waals surface area contributed by atoms with Crippen molar-refractivity contribution in [1.82, 2.24) is 9.80 Å². The summed E-state index contributed by atoms with van der Waals surface area (Å²) in [4.78, 5) is 28.2. The molecule has 0 atom stereocenters. The summed E-state index contributed by atoms with van der Waals surface area (Å²) in [5, 5.41) is 2.85. The van der Waals surface area contributed by atoms with Gasteiger partial charge in [0.05, 0.1) is 25.9 Å². The molecule has 134 valence electrons. The van der Waals surface area contributed by atoms with Gasteiger partial charge in [0.2, 0.25) is 11.8 Å². The first-order valence-electron chi connectivity index (χ1n) is 8.48. The Morgan fingerprint density at radius 2 is 1.75 bits per heavy atom. The van der Waals surface area contributed by atoms with E-state index in [1.807, 2.05) is 37.8 Å². The zero-order valence-electron chi connectivity index (χ0n) is 15.2. The van der Waals surface area contributed by atoms with E-state index in [-0.39, 0.29) is 24.9 Å². The number of hydrogen-bond donors (Lipinski definition) is 1. The van der Waals surface area contributed by atoms with E-state index in [0.717, 1.165) is 6.42 Å². The fourth-order valence-corrected chi connectivity index (χ4v) is 2.54. The number of rotatable bonds is 10. The van der Waals surface area contributed by atoms with Crippen LogP contribution in [0.3, 0.4) is 0 Å². The number of likely N-dealkylation sites (N-methyl/N-ethyl adjacent to an activating group) is 1. The van der Waals surface area contributed by atoms with Crippen LogP contribution in [0.15, 0.2) is 24.3 Å². The van der Waals surface area contributed by atoms with E-state index in [4.69, 9.17) is 4.74 Å². The van der Waals surface area contributed by atoms with E-state index in [2.05, 4.69) is 5.32 Å². The molecule has 6 nitrogen and oxygen atoms in total. The van der Waals surface area contributed by atoms with Gasteiger partial charge in [0.25, 0.3) is 0 Å². The Labute approximate surface area is 144 Å². The summed E-state index contributed by atoms with van der Waals surface area (Å²) in [7, 11) is 1.57. The molecule has 0 bridgehead atoms. The van der Waals surface area contributed by atoms with Gasteiger partial charge in [-0.05, 0) is 38.9 Å². The molecule has 24 heavy (non-hydrogen) atoms. The normalized spacial score (nSPS) is 10.5. The topological polar surface area (TPSA) is 61.9 Å². The summed E-state index contributed by atoms with van der Waals surface area (Å²) in [6.45, 7) is 8.46. The molecule has 0 saturated carbocycles. The number of ether oxygens (including phenoxy) is 1. The van der Waals surface area contributed by atoms with Crippen molar-refractivity contribution < 1.29 is 14.3 Å². The second-order valence-electron chi connectivity index (χ2n) is 5.53. The molecule has 0 aliphatic rings. The van der Waals surface area contributed by atoms with Crippen LogP contribution >= 0.6 is 0 Å². The monoisotopic (exact) mass is 335 g/mol. The fraction of sp³-hybridized carbons (Fsp3) is 0.556. The van der Waals surface area contributed by atoms with Crippen LogP contribution in [0.25, 0.3) is 0 Å². The molecule has 0 saturated heterocycles. The Balaban J connectivity index is 2.67. The standard InChI is InChI=1S/C18H29N3O3/c1-5-12-20(14-18(23)21(6-2)7-3)13-17(22)19-15-10-8-9-11-16(15)24-4/h8-11H,5-7,12-14H2,1-4H3,(H,19,22). The lowest BCUT2D eigenvalue weighted by atomic mass is 10.3.